The van der Waals surface area contributed by atoms with Crippen molar-refractivity contribution in [3.05, 3.63) is 28.2 Å². The van der Waals surface area contributed by atoms with Crippen molar-refractivity contribution >= 4 is 45.3 Å². The zero-order valence-electron chi connectivity index (χ0n) is 11.6. The Kier molecular flexibility index (Phi) is 5.16. The molecule has 7 heteroatoms. The molecule has 0 spiro atoms. The molecule has 1 fully saturated rings. The van der Waals surface area contributed by atoms with Crippen LogP contribution in [0.25, 0.3) is 0 Å². The summed E-state index contributed by atoms with van der Waals surface area (Å²) < 4.78 is 0.717. The predicted octanol–water partition coefficient (Wildman–Crippen LogP) is 2.80. The van der Waals surface area contributed by atoms with E-state index in [-0.39, 0.29) is 11.3 Å². The number of hydrogen-bond acceptors (Lipinski definition) is 4. The maximum atomic E-state index is 12.7. The topological polar surface area (TPSA) is 83.6 Å². The number of carboxylic acid groups (broad SMARTS) is 1. The van der Waals surface area contributed by atoms with E-state index < -0.39 is 12.0 Å². The van der Waals surface area contributed by atoms with Crippen LogP contribution in [-0.4, -0.2) is 39.1 Å². The molecule has 2 unspecified atom stereocenters. The van der Waals surface area contributed by atoms with Gasteiger partial charge in [-0.3, -0.25) is 4.79 Å². The summed E-state index contributed by atoms with van der Waals surface area (Å²) in [7, 11) is 0. The molecular formula is C14H17BrN2O3S. The molecule has 5 nitrogen and oxygen atoms in total. The van der Waals surface area contributed by atoms with E-state index in [0.717, 1.165) is 17.3 Å². The van der Waals surface area contributed by atoms with E-state index >= 15 is 0 Å². The van der Waals surface area contributed by atoms with E-state index in [1.807, 2.05) is 6.92 Å². The second-order valence-electron chi connectivity index (χ2n) is 4.88. The van der Waals surface area contributed by atoms with E-state index in [2.05, 4.69) is 15.9 Å². The van der Waals surface area contributed by atoms with Gasteiger partial charge in [0.05, 0.1) is 5.37 Å². The number of carbonyl (C=O) groups is 2. The summed E-state index contributed by atoms with van der Waals surface area (Å²) in [6.07, 6.45) is 1.68. The Bertz CT molecular complexity index is 567. The highest BCUT2D eigenvalue weighted by Crippen LogP contribution is 2.34. The number of carbonyl (C=O) groups excluding carboxylic acids is 1. The molecule has 0 aromatic heterocycles. The van der Waals surface area contributed by atoms with Crippen molar-refractivity contribution in [1.29, 1.82) is 0 Å². The zero-order chi connectivity index (χ0) is 15.6. The number of halogens is 1. The second-order valence-corrected chi connectivity index (χ2v) is 6.94. The number of nitrogens with zero attached hydrogens (tertiary/aromatic N) is 1. The average Bonchev–Trinajstić information content (AvgIpc) is 2.85. The third-order valence-corrected chi connectivity index (χ3v) is 5.47. The lowest BCUT2D eigenvalue weighted by Crippen LogP contribution is -2.45. The first-order valence-electron chi connectivity index (χ1n) is 6.67. The van der Waals surface area contributed by atoms with Crippen molar-refractivity contribution in [2.45, 2.75) is 31.2 Å². The highest BCUT2D eigenvalue weighted by molar-refractivity contribution is 9.10. The van der Waals surface area contributed by atoms with E-state index in [0.29, 0.717) is 17.0 Å². The third-order valence-electron chi connectivity index (χ3n) is 3.39. The van der Waals surface area contributed by atoms with E-state index in [1.165, 1.54) is 16.7 Å². The minimum Gasteiger partial charge on any atom is -0.480 e. The quantitative estimate of drug-likeness (QED) is 0.793. The molecule has 0 bridgehead atoms. The van der Waals surface area contributed by atoms with Gasteiger partial charge in [-0.1, -0.05) is 13.3 Å². The Morgan fingerprint density at radius 2 is 2.24 bits per heavy atom. The highest BCUT2D eigenvalue weighted by Gasteiger charge is 2.41. The SMILES string of the molecule is CCCC1SCC(C(=O)O)N1C(=O)c1ccc(Br)c(N)c1. The fourth-order valence-electron chi connectivity index (χ4n) is 2.32. The minimum atomic E-state index is -0.959. The number of nitrogen functional groups attached to an aromatic ring is 1. The third kappa shape index (κ3) is 3.35. The van der Waals surface area contributed by atoms with Crippen LogP contribution >= 0.6 is 27.7 Å². The van der Waals surface area contributed by atoms with Gasteiger partial charge in [-0.25, -0.2) is 4.79 Å². The predicted molar refractivity (Wildman–Crippen MR) is 87.3 cm³/mol. The molecule has 1 aliphatic heterocycles. The fourth-order valence-corrected chi connectivity index (χ4v) is 4.08. The van der Waals surface area contributed by atoms with Crippen LogP contribution in [-0.2, 0) is 4.79 Å². The molecule has 1 aromatic rings. The largest absolute Gasteiger partial charge is 0.480 e. The van der Waals surface area contributed by atoms with Gasteiger partial charge in [0.15, 0.2) is 0 Å². The van der Waals surface area contributed by atoms with Gasteiger partial charge < -0.3 is 15.7 Å². The zero-order valence-corrected chi connectivity index (χ0v) is 14.0. The molecule has 0 saturated carbocycles. The minimum absolute atomic E-state index is 0.0894. The summed E-state index contributed by atoms with van der Waals surface area (Å²) in [6.45, 7) is 2.02. The monoisotopic (exact) mass is 372 g/mol. The number of aliphatic carboxylic acids is 1. The highest BCUT2D eigenvalue weighted by atomic mass is 79.9. The smallest absolute Gasteiger partial charge is 0.327 e. The molecule has 1 heterocycles. The van der Waals surface area contributed by atoms with Gasteiger partial charge in [0.2, 0.25) is 0 Å². The Hall–Kier alpha value is -1.21. The molecule has 2 atom stereocenters. The lowest BCUT2D eigenvalue weighted by Gasteiger charge is -2.27. The summed E-state index contributed by atoms with van der Waals surface area (Å²) in [6, 6.07) is 4.17. The molecule has 1 aromatic carbocycles. The van der Waals surface area contributed by atoms with Crippen LogP contribution in [0.4, 0.5) is 5.69 Å². The van der Waals surface area contributed by atoms with Gasteiger partial charge in [0.25, 0.3) is 5.91 Å². The summed E-state index contributed by atoms with van der Waals surface area (Å²) in [5, 5.41) is 9.24. The lowest BCUT2D eigenvalue weighted by atomic mass is 10.1. The fraction of sp³-hybridized carbons (Fsp3) is 0.429. The first-order chi connectivity index (χ1) is 9.95. The molecule has 2 rings (SSSR count). The number of thioether (sulfide) groups is 1. The standard InChI is InChI=1S/C14H17BrN2O3S/c1-2-3-12-17(11(7-21-12)14(19)20)13(18)8-4-5-9(15)10(16)6-8/h4-6,11-12H,2-3,7,16H2,1H3,(H,19,20). The molecule has 0 radical (unpaired) electrons. The number of carboxylic acids is 1. The maximum Gasteiger partial charge on any atom is 0.327 e. The van der Waals surface area contributed by atoms with Gasteiger partial charge >= 0.3 is 5.97 Å². The van der Waals surface area contributed by atoms with Crippen molar-refractivity contribution in [2.24, 2.45) is 0 Å². The van der Waals surface area contributed by atoms with Crippen LogP contribution in [0.3, 0.4) is 0 Å². The Balaban J connectivity index is 2.31. The van der Waals surface area contributed by atoms with E-state index in [4.69, 9.17) is 5.73 Å². The molecule has 1 saturated heterocycles. The molecule has 1 aliphatic rings. The van der Waals surface area contributed by atoms with Crippen molar-refractivity contribution in [1.82, 2.24) is 4.90 Å². The normalized spacial score (nSPS) is 21.5. The molecule has 3 N–H and O–H groups in total. The van der Waals surface area contributed by atoms with Crippen LogP contribution < -0.4 is 5.73 Å². The van der Waals surface area contributed by atoms with Gasteiger partial charge in [0, 0.05) is 21.5 Å². The first-order valence-corrected chi connectivity index (χ1v) is 8.52. The van der Waals surface area contributed by atoms with Crippen LogP contribution in [0.2, 0.25) is 0 Å². The summed E-state index contributed by atoms with van der Waals surface area (Å²) in [4.78, 5) is 25.6. The maximum absolute atomic E-state index is 12.7. The van der Waals surface area contributed by atoms with Crippen LogP contribution in [0.15, 0.2) is 22.7 Å². The molecule has 0 aliphatic carbocycles. The van der Waals surface area contributed by atoms with Gasteiger partial charge in [-0.15, -0.1) is 11.8 Å². The van der Waals surface area contributed by atoms with Crippen LogP contribution in [0, 0.1) is 0 Å². The number of amides is 1. The van der Waals surface area contributed by atoms with Gasteiger partial charge in [-0.05, 0) is 40.5 Å². The van der Waals surface area contributed by atoms with Crippen molar-refractivity contribution in [3.8, 4) is 0 Å². The number of hydrogen-bond donors (Lipinski definition) is 2. The average molecular weight is 373 g/mol. The molecule has 1 amide bonds. The van der Waals surface area contributed by atoms with Gasteiger partial charge in [0.1, 0.15) is 6.04 Å². The van der Waals surface area contributed by atoms with Gasteiger partial charge in [-0.2, -0.15) is 0 Å². The molecular weight excluding hydrogens is 356 g/mol. The van der Waals surface area contributed by atoms with E-state index in [1.54, 1.807) is 18.2 Å². The molecule has 114 valence electrons. The number of anilines is 1. The summed E-state index contributed by atoms with van der Waals surface area (Å²) in [5.41, 5.74) is 6.69. The number of benzene rings is 1. The van der Waals surface area contributed by atoms with Crippen molar-refractivity contribution in [2.75, 3.05) is 11.5 Å². The second kappa shape index (κ2) is 6.70. The van der Waals surface area contributed by atoms with Crippen molar-refractivity contribution in [3.63, 3.8) is 0 Å². The Labute approximate surface area is 136 Å². The van der Waals surface area contributed by atoms with Crippen LogP contribution in [0.5, 0.6) is 0 Å². The Morgan fingerprint density at radius 1 is 1.52 bits per heavy atom. The Morgan fingerprint density at radius 3 is 2.81 bits per heavy atom. The van der Waals surface area contributed by atoms with E-state index in [9.17, 15) is 14.7 Å². The number of nitrogens with two attached hydrogens (primary N) is 1. The first kappa shape index (κ1) is 16.2. The number of rotatable bonds is 4. The lowest BCUT2D eigenvalue weighted by molar-refractivity contribution is -0.141. The van der Waals surface area contributed by atoms with Crippen molar-refractivity contribution < 1.29 is 14.7 Å². The summed E-state index contributed by atoms with van der Waals surface area (Å²) >= 11 is 4.81. The summed E-state index contributed by atoms with van der Waals surface area (Å²) in [5.74, 6) is -0.804. The van der Waals surface area contributed by atoms with Crippen LogP contribution in [0.1, 0.15) is 30.1 Å². The molecule has 21 heavy (non-hydrogen) atoms.